The van der Waals surface area contributed by atoms with Crippen LogP contribution in [-0.4, -0.2) is 5.78 Å². The fourth-order valence-corrected chi connectivity index (χ4v) is 3.80. The molecule has 0 saturated heterocycles. The minimum atomic E-state index is 0.291. The van der Waals surface area contributed by atoms with Crippen molar-refractivity contribution in [3.8, 4) is 0 Å². The van der Waals surface area contributed by atoms with E-state index in [4.69, 9.17) is 0 Å². The Hall–Kier alpha value is -2.09. The van der Waals surface area contributed by atoms with Crippen LogP contribution < -0.4 is 5.32 Å². The second kappa shape index (κ2) is 6.99. The third kappa shape index (κ3) is 3.47. The first-order valence-corrected chi connectivity index (χ1v) is 8.56. The second-order valence-corrected chi connectivity index (χ2v) is 6.68. The summed E-state index contributed by atoms with van der Waals surface area (Å²) < 4.78 is 0. The third-order valence-electron chi connectivity index (χ3n) is 5.03. The van der Waals surface area contributed by atoms with Crippen LogP contribution in [0.15, 0.2) is 54.6 Å². The van der Waals surface area contributed by atoms with E-state index in [1.807, 2.05) is 0 Å². The molecular weight excluding hydrogens is 282 g/mol. The summed E-state index contributed by atoms with van der Waals surface area (Å²) in [5, 5.41) is 3.73. The van der Waals surface area contributed by atoms with Gasteiger partial charge in [-0.3, -0.25) is 0 Å². The predicted octanol–water partition coefficient (Wildman–Crippen LogP) is 5.33. The van der Waals surface area contributed by atoms with E-state index in [-0.39, 0.29) is 0 Å². The minimum absolute atomic E-state index is 0.291. The summed E-state index contributed by atoms with van der Waals surface area (Å²) in [6.07, 6.45) is 2.73. The van der Waals surface area contributed by atoms with E-state index in [9.17, 15) is 4.79 Å². The van der Waals surface area contributed by atoms with Crippen molar-refractivity contribution in [2.45, 2.75) is 45.1 Å². The lowest BCUT2D eigenvalue weighted by Gasteiger charge is -2.39. The van der Waals surface area contributed by atoms with Crippen LogP contribution in [0.25, 0.3) is 0 Å². The number of carbonyl (C=O) groups is 1. The average Bonchev–Trinajstić information content (AvgIpc) is 2.57. The maximum absolute atomic E-state index is 11.3. The van der Waals surface area contributed by atoms with Crippen LogP contribution in [-0.2, 0) is 4.79 Å². The normalized spacial score (nSPS) is 23.0. The summed E-state index contributed by atoms with van der Waals surface area (Å²) in [6.45, 7) is 4.02. The van der Waals surface area contributed by atoms with Crippen molar-refractivity contribution in [1.29, 1.82) is 0 Å². The van der Waals surface area contributed by atoms with Gasteiger partial charge in [-0.25, -0.2) is 0 Å². The minimum Gasteiger partial charge on any atom is -0.378 e. The van der Waals surface area contributed by atoms with Crippen LogP contribution in [0.3, 0.4) is 0 Å². The molecule has 0 aromatic heterocycles. The Morgan fingerprint density at radius 3 is 2.48 bits per heavy atom. The summed E-state index contributed by atoms with van der Waals surface area (Å²) in [4.78, 5) is 11.3. The SMILES string of the molecule is CC(=O)CCCC1c2ccccc2NC(c2ccccc2)C1C. The summed E-state index contributed by atoms with van der Waals surface area (Å²) >= 11 is 0. The Kier molecular flexibility index (Phi) is 4.80. The van der Waals surface area contributed by atoms with Gasteiger partial charge in [-0.15, -0.1) is 0 Å². The third-order valence-corrected chi connectivity index (χ3v) is 5.03. The van der Waals surface area contributed by atoms with E-state index in [1.165, 1.54) is 16.8 Å². The van der Waals surface area contributed by atoms with Crippen molar-refractivity contribution in [2.24, 2.45) is 5.92 Å². The topological polar surface area (TPSA) is 29.1 Å². The lowest BCUT2D eigenvalue weighted by atomic mass is 9.74. The van der Waals surface area contributed by atoms with Gasteiger partial charge in [0.2, 0.25) is 0 Å². The molecule has 2 heteroatoms. The van der Waals surface area contributed by atoms with E-state index < -0.39 is 0 Å². The standard InChI is InChI=1S/C21H25NO/c1-15(23)9-8-13-18-16(2)21(17-10-4-3-5-11-17)22-20-14-7-6-12-19(18)20/h3-7,10-12,14,16,18,21-22H,8-9,13H2,1-2H3. The fraction of sp³-hybridized carbons (Fsp3) is 0.381. The first kappa shape index (κ1) is 15.8. The molecule has 120 valence electrons. The lowest BCUT2D eigenvalue weighted by Crippen LogP contribution is -2.30. The molecular formula is C21H25NO. The molecule has 1 heterocycles. The smallest absolute Gasteiger partial charge is 0.129 e. The molecule has 0 aliphatic carbocycles. The largest absolute Gasteiger partial charge is 0.378 e. The van der Waals surface area contributed by atoms with Gasteiger partial charge >= 0.3 is 0 Å². The molecule has 2 nitrogen and oxygen atoms in total. The van der Waals surface area contributed by atoms with E-state index in [0.29, 0.717) is 30.1 Å². The molecule has 3 rings (SSSR count). The van der Waals surface area contributed by atoms with Crippen molar-refractivity contribution in [3.05, 3.63) is 65.7 Å². The van der Waals surface area contributed by atoms with E-state index in [1.54, 1.807) is 6.92 Å². The van der Waals surface area contributed by atoms with E-state index in [0.717, 1.165) is 12.8 Å². The number of carbonyl (C=O) groups excluding carboxylic acids is 1. The molecule has 0 radical (unpaired) electrons. The van der Waals surface area contributed by atoms with Gasteiger partial charge in [0, 0.05) is 12.1 Å². The average molecular weight is 307 g/mol. The summed E-state index contributed by atoms with van der Waals surface area (Å²) in [5.74, 6) is 1.29. The first-order chi connectivity index (χ1) is 11.2. The number of para-hydroxylation sites is 1. The maximum Gasteiger partial charge on any atom is 0.129 e. The molecule has 0 saturated carbocycles. The molecule has 1 N–H and O–H groups in total. The first-order valence-electron chi connectivity index (χ1n) is 8.56. The van der Waals surface area contributed by atoms with Gasteiger partial charge < -0.3 is 10.1 Å². The van der Waals surface area contributed by atoms with Crippen LogP contribution >= 0.6 is 0 Å². The van der Waals surface area contributed by atoms with Gasteiger partial charge in [-0.1, -0.05) is 55.5 Å². The predicted molar refractivity (Wildman–Crippen MR) is 95.7 cm³/mol. The Morgan fingerprint density at radius 1 is 1.04 bits per heavy atom. The Morgan fingerprint density at radius 2 is 1.74 bits per heavy atom. The van der Waals surface area contributed by atoms with Crippen molar-refractivity contribution in [2.75, 3.05) is 5.32 Å². The quantitative estimate of drug-likeness (QED) is 0.808. The van der Waals surface area contributed by atoms with Gasteiger partial charge in [0.25, 0.3) is 0 Å². The fourth-order valence-electron chi connectivity index (χ4n) is 3.80. The number of rotatable bonds is 5. The van der Waals surface area contributed by atoms with Crippen LogP contribution in [0.5, 0.6) is 0 Å². The van der Waals surface area contributed by atoms with E-state index >= 15 is 0 Å². The van der Waals surface area contributed by atoms with Crippen LogP contribution in [0, 0.1) is 5.92 Å². The number of benzene rings is 2. The second-order valence-electron chi connectivity index (χ2n) is 6.68. The molecule has 0 fully saturated rings. The molecule has 3 atom stereocenters. The van der Waals surface area contributed by atoms with Gasteiger partial charge in [-0.2, -0.15) is 0 Å². The van der Waals surface area contributed by atoms with Gasteiger partial charge in [0.05, 0.1) is 6.04 Å². The molecule has 0 spiro atoms. The highest BCUT2D eigenvalue weighted by atomic mass is 16.1. The number of anilines is 1. The van der Waals surface area contributed by atoms with Crippen LogP contribution in [0.4, 0.5) is 5.69 Å². The van der Waals surface area contributed by atoms with Gasteiger partial charge in [-0.05, 0) is 48.8 Å². The Balaban J connectivity index is 1.88. The summed E-state index contributed by atoms with van der Waals surface area (Å²) in [6, 6.07) is 19.6. The monoisotopic (exact) mass is 307 g/mol. The Labute approximate surface area is 138 Å². The summed E-state index contributed by atoms with van der Waals surface area (Å²) in [7, 11) is 0. The number of Topliss-reactive ketones (excluding diaryl/α,β-unsaturated/α-hetero) is 1. The Bertz CT molecular complexity index is 665. The zero-order chi connectivity index (χ0) is 16.2. The molecule has 2 aromatic rings. The van der Waals surface area contributed by atoms with Crippen LogP contribution in [0.2, 0.25) is 0 Å². The van der Waals surface area contributed by atoms with Crippen molar-refractivity contribution >= 4 is 11.5 Å². The molecule has 23 heavy (non-hydrogen) atoms. The molecule has 1 aliphatic rings. The number of nitrogens with one attached hydrogen (secondary N) is 1. The zero-order valence-electron chi connectivity index (χ0n) is 14.0. The van der Waals surface area contributed by atoms with Crippen molar-refractivity contribution in [1.82, 2.24) is 0 Å². The highest BCUT2D eigenvalue weighted by Gasteiger charge is 2.33. The molecule has 0 amide bonds. The van der Waals surface area contributed by atoms with Crippen LogP contribution in [0.1, 0.15) is 56.2 Å². The summed E-state index contributed by atoms with van der Waals surface area (Å²) in [5.41, 5.74) is 3.98. The van der Waals surface area contributed by atoms with Crippen molar-refractivity contribution in [3.63, 3.8) is 0 Å². The highest BCUT2D eigenvalue weighted by molar-refractivity contribution is 5.75. The molecule has 2 aromatic carbocycles. The number of hydrogen-bond acceptors (Lipinski definition) is 2. The maximum atomic E-state index is 11.3. The van der Waals surface area contributed by atoms with Gasteiger partial charge in [0.15, 0.2) is 0 Å². The molecule has 1 aliphatic heterocycles. The number of fused-ring (bicyclic) bond motifs is 1. The highest BCUT2D eigenvalue weighted by Crippen LogP contribution is 2.46. The molecule has 0 bridgehead atoms. The lowest BCUT2D eigenvalue weighted by molar-refractivity contribution is -0.117. The zero-order valence-corrected chi connectivity index (χ0v) is 14.0. The van der Waals surface area contributed by atoms with Gasteiger partial charge in [0.1, 0.15) is 5.78 Å². The van der Waals surface area contributed by atoms with E-state index in [2.05, 4.69) is 66.8 Å². The molecule has 3 unspecified atom stereocenters. The number of ketones is 1. The number of hydrogen-bond donors (Lipinski definition) is 1. The van der Waals surface area contributed by atoms with Crippen molar-refractivity contribution < 1.29 is 4.79 Å².